The van der Waals surface area contributed by atoms with Gasteiger partial charge in [0, 0.05) is 23.7 Å². The van der Waals surface area contributed by atoms with Gasteiger partial charge in [0.05, 0.1) is 11.2 Å². The number of halogens is 2. The summed E-state index contributed by atoms with van der Waals surface area (Å²) in [7, 11) is 0. The SMILES string of the molecule is CC(=Nc1cncnc1-c1ccc(Cl)cc1Cl)N1CCCC1. The Balaban J connectivity index is 2.01. The molecule has 0 radical (unpaired) electrons. The molecular formula is C16H16Cl2N4. The van der Waals surface area contributed by atoms with E-state index in [1.807, 2.05) is 13.0 Å². The molecule has 0 spiro atoms. The van der Waals surface area contributed by atoms with Crippen LogP contribution in [0.5, 0.6) is 0 Å². The third kappa shape index (κ3) is 3.23. The maximum atomic E-state index is 6.30. The number of aromatic nitrogens is 2. The number of hydrogen-bond acceptors (Lipinski definition) is 3. The highest BCUT2D eigenvalue weighted by Crippen LogP contribution is 2.34. The molecule has 0 amide bonds. The number of nitrogens with zero attached hydrogens (tertiary/aromatic N) is 4. The van der Waals surface area contributed by atoms with Crippen LogP contribution in [-0.4, -0.2) is 33.8 Å². The lowest BCUT2D eigenvalue weighted by atomic mass is 10.1. The third-order valence-corrected chi connectivity index (χ3v) is 4.27. The molecule has 1 aromatic carbocycles. The number of likely N-dealkylation sites (tertiary alicyclic amines) is 1. The van der Waals surface area contributed by atoms with Crippen LogP contribution in [0.4, 0.5) is 5.69 Å². The first kappa shape index (κ1) is 15.3. The van der Waals surface area contributed by atoms with E-state index in [0.29, 0.717) is 10.0 Å². The highest BCUT2D eigenvalue weighted by molar-refractivity contribution is 6.36. The van der Waals surface area contributed by atoms with Crippen molar-refractivity contribution in [3.63, 3.8) is 0 Å². The number of benzene rings is 1. The first-order chi connectivity index (χ1) is 10.6. The topological polar surface area (TPSA) is 41.4 Å². The summed E-state index contributed by atoms with van der Waals surface area (Å²) in [5.41, 5.74) is 2.24. The second-order valence-electron chi connectivity index (χ2n) is 5.23. The van der Waals surface area contributed by atoms with Crippen LogP contribution in [0.1, 0.15) is 19.8 Å². The van der Waals surface area contributed by atoms with E-state index < -0.39 is 0 Å². The van der Waals surface area contributed by atoms with Gasteiger partial charge in [-0.15, -0.1) is 0 Å². The molecule has 1 aromatic heterocycles. The smallest absolute Gasteiger partial charge is 0.116 e. The molecule has 1 aliphatic rings. The largest absolute Gasteiger partial charge is 0.360 e. The molecule has 3 rings (SSSR count). The van der Waals surface area contributed by atoms with Gasteiger partial charge >= 0.3 is 0 Å². The summed E-state index contributed by atoms with van der Waals surface area (Å²) in [4.78, 5) is 15.4. The van der Waals surface area contributed by atoms with Gasteiger partial charge in [-0.25, -0.2) is 15.0 Å². The maximum Gasteiger partial charge on any atom is 0.116 e. The first-order valence-corrected chi connectivity index (χ1v) is 7.96. The Kier molecular flexibility index (Phi) is 4.60. The van der Waals surface area contributed by atoms with E-state index in [1.165, 1.54) is 19.2 Å². The van der Waals surface area contributed by atoms with Gasteiger partial charge < -0.3 is 4.90 Å². The van der Waals surface area contributed by atoms with E-state index in [0.717, 1.165) is 35.9 Å². The highest BCUT2D eigenvalue weighted by atomic mass is 35.5. The second-order valence-corrected chi connectivity index (χ2v) is 6.08. The summed E-state index contributed by atoms with van der Waals surface area (Å²) in [6.45, 7) is 4.13. The third-order valence-electron chi connectivity index (χ3n) is 3.73. The average molecular weight is 335 g/mol. The summed E-state index contributed by atoms with van der Waals surface area (Å²) in [6.07, 6.45) is 5.65. The molecule has 0 bridgehead atoms. The average Bonchev–Trinajstić information content (AvgIpc) is 3.03. The molecule has 22 heavy (non-hydrogen) atoms. The molecule has 4 nitrogen and oxygen atoms in total. The van der Waals surface area contributed by atoms with Crippen LogP contribution >= 0.6 is 23.2 Å². The van der Waals surface area contributed by atoms with Gasteiger partial charge in [-0.05, 0) is 38.0 Å². The number of rotatable bonds is 2. The van der Waals surface area contributed by atoms with Crippen molar-refractivity contribution in [3.8, 4) is 11.3 Å². The van der Waals surface area contributed by atoms with Gasteiger partial charge in [0.15, 0.2) is 0 Å². The standard InChI is InChI=1S/C16H16Cl2N4/c1-11(22-6-2-3-7-22)21-15-9-19-10-20-16(15)13-5-4-12(17)8-14(13)18/h4-5,8-10H,2-3,6-7H2,1H3. The molecule has 114 valence electrons. The Morgan fingerprint density at radius 3 is 2.73 bits per heavy atom. The van der Waals surface area contributed by atoms with Crippen LogP contribution in [0.25, 0.3) is 11.3 Å². The Morgan fingerprint density at radius 1 is 1.23 bits per heavy atom. The number of hydrogen-bond donors (Lipinski definition) is 0. The lowest BCUT2D eigenvalue weighted by molar-refractivity contribution is 0.516. The molecule has 6 heteroatoms. The van der Waals surface area contributed by atoms with Crippen molar-refractivity contribution in [3.05, 3.63) is 40.8 Å². The zero-order valence-electron chi connectivity index (χ0n) is 12.3. The Labute approximate surface area is 139 Å². The second kappa shape index (κ2) is 6.63. The van der Waals surface area contributed by atoms with E-state index >= 15 is 0 Å². The van der Waals surface area contributed by atoms with Gasteiger partial charge in [0.25, 0.3) is 0 Å². The lowest BCUT2D eigenvalue weighted by Crippen LogP contribution is -2.24. The van der Waals surface area contributed by atoms with Crippen LogP contribution in [0.3, 0.4) is 0 Å². The fourth-order valence-corrected chi connectivity index (χ4v) is 3.08. The minimum atomic E-state index is 0.557. The molecule has 0 saturated carbocycles. The molecule has 1 aliphatic heterocycles. The quantitative estimate of drug-likeness (QED) is 0.595. The predicted molar refractivity (Wildman–Crippen MR) is 91.1 cm³/mol. The van der Waals surface area contributed by atoms with Crippen molar-refractivity contribution in [1.82, 2.24) is 14.9 Å². The van der Waals surface area contributed by atoms with E-state index in [1.54, 1.807) is 18.3 Å². The molecule has 0 N–H and O–H groups in total. The Morgan fingerprint density at radius 2 is 2.00 bits per heavy atom. The molecule has 2 heterocycles. The Hall–Kier alpha value is -1.65. The van der Waals surface area contributed by atoms with Gasteiger partial charge in [-0.2, -0.15) is 0 Å². The van der Waals surface area contributed by atoms with E-state index in [4.69, 9.17) is 28.2 Å². The summed E-state index contributed by atoms with van der Waals surface area (Å²) in [5, 5.41) is 1.16. The van der Waals surface area contributed by atoms with Crippen LogP contribution in [-0.2, 0) is 0 Å². The number of amidine groups is 1. The van der Waals surface area contributed by atoms with Crippen molar-refractivity contribution in [1.29, 1.82) is 0 Å². The summed E-state index contributed by atoms with van der Waals surface area (Å²) in [5.74, 6) is 0.985. The summed E-state index contributed by atoms with van der Waals surface area (Å²) >= 11 is 12.3. The normalized spacial score (nSPS) is 15.4. The minimum absolute atomic E-state index is 0.557. The molecule has 2 aromatic rings. The van der Waals surface area contributed by atoms with Crippen LogP contribution in [0.2, 0.25) is 10.0 Å². The van der Waals surface area contributed by atoms with E-state index in [-0.39, 0.29) is 0 Å². The minimum Gasteiger partial charge on any atom is -0.360 e. The van der Waals surface area contributed by atoms with E-state index in [2.05, 4.69) is 14.9 Å². The zero-order chi connectivity index (χ0) is 15.5. The summed E-state index contributed by atoms with van der Waals surface area (Å²) in [6, 6.07) is 5.37. The lowest BCUT2D eigenvalue weighted by Gasteiger charge is -2.17. The number of aliphatic imine (C=N–C) groups is 1. The molecule has 0 unspecified atom stereocenters. The fraction of sp³-hybridized carbons (Fsp3) is 0.312. The van der Waals surface area contributed by atoms with Gasteiger partial charge in [0.2, 0.25) is 0 Å². The van der Waals surface area contributed by atoms with Crippen molar-refractivity contribution in [2.24, 2.45) is 4.99 Å². The van der Waals surface area contributed by atoms with Crippen LogP contribution < -0.4 is 0 Å². The van der Waals surface area contributed by atoms with Gasteiger partial charge in [-0.1, -0.05) is 23.2 Å². The highest BCUT2D eigenvalue weighted by Gasteiger charge is 2.15. The predicted octanol–water partition coefficient (Wildman–Crippen LogP) is 4.60. The molecular weight excluding hydrogens is 319 g/mol. The monoisotopic (exact) mass is 334 g/mol. The van der Waals surface area contributed by atoms with Crippen molar-refractivity contribution < 1.29 is 0 Å². The molecule has 1 fully saturated rings. The van der Waals surface area contributed by atoms with E-state index in [9.17, 15) is 0 Å². The molecule has 1 saturated heterocycles. The maximum absolute atomic E-state index is 6.30. The Bertz CT molecular complexity index is 709. The van der Waals surface area contributed by atoms with Crippen molar-refractivity contribution >= 4 is 34.7 Å². The van der Waals surface area contributed by atoms with Crippen LogP contribution in [0.15, 0.2) is 35.7 Å². The van der Waals surface area contributed by atoms with Crippen LogP contribution in [0, 0.1) is 0 Å². The van der Waals surface area contributed by atoms with Crippen molar-refractivity contribution in [2.45, 2.75) is 19.8 Å². The molecule has 0 atom stereocenters. The summed E-state index contributed by atoms with van der Waals surface area (Å²) < 4.78 is 0. The zero-order valence-corrected chi connectivity index (χ0v) is 13.8. The fourth-order valence-electron chi connectivity index (χ4n) is 2.58. The van der Waals surface area contributed by atoms with Gasteiger partial charge in [0.1, 0.15) is 23.5 Å². The molecule has 0 aliphatic carbocycles. The van der Waals surface area contributed by atoms with Crippen molar-refractivity contribution in [2.75, 3.05) is 13.1 Å². The van der Waals surface area contributed by atoms with Gasteiger partial charge in [-0.3, -0.25) is 0 Å². The first-order valence-electron chi connectivity index (χ1n) is 7.21.